The summed E-state index contributed by atoms with van der Waals surface area (Å²) >= 11 is 0. The number of aromatic nitrogens is 2. The van der Waals surface area contributed by atoms with E-state index in [4.69, 9.17) is 10.5 Å². The maximum Gasteiger partial charge on any atom is 0.283 e. The molecule has 1 aliphatic rings. The third-order valence-electron chi connectivity index (χ3n) is 4.81. The third-order valence-corrected chi connectivity index (χ3v) is 4.81. The number of hydrogen-bond donors (Lipinski definition) is 1. The first kappa shape index (κ1) is 21.6. The van der Waals surface area contributed by atoms with E-state index in [9.17, 15) is 26.7 Å². The molecule has 0 bridgehead atoms. The van der Waals surface area contributed by atoms with Crippen molar-refractivity contribution < 1.29 is 31.5 Å². The number of aliphatic imine (C=N–C) groups is 1. The second-order valence-corrected chi connectivity index (χ2v) is 6.74. The van der Waals surface area contributed by atoms with Gasteiger partial charge in [0.15, 0.2) is 11.6 Å². The molecule has 6 nitrogen and oxygen atoms in total. The first-order valence-corrected chi connectivity index (χ1v) is 8.79. The summed E-state index contributed by atoms with van der Waals surface area (Å²) in [5, 5.41) is 0. The summed E-state index contributed by atoms with van der Waals surface area (Å²) in [6, 6.07) is 2.67. The number of Topliss-reactive ketones (excluding diaryl/α,β-unsaturated/α-hetero) is 1. The Bertz CT molecular complexity index is 981. The van der Waals surface area contributed by atoms with Crippen LogP contribution in [-0.4, -0.2) is 41.0 Å². The molecule has 11 heteroatoms. The van der Waals surface area contributed by atoms with Crippen LogP contribution >= 0.6 is 0 Å². The minimum atomic E-state index is -4.05. The molecule has 160 valence electrons. The van der Waals surface area contributed by atoms with Gasteiger partial charge in [0.25, 0.3) is 12.3 Å². The Labute approximate surface area is 168 Å². The van der Waals surface area contributed by atoms with Gasteiger partial charge in [-0.2, -0.15) is 0 Å². The molecule has 0 radical (unpaired) electrons. The topological polar surface area (TPSA) is 90.5 Å². The molecule has 2 heterocycles. The SMILES string of the molecule is COc1cnc(C(=O)Cc2ccc(F)c([C@@]3(C(F)F)N=C(N)CCC3(F)F)c2)nc1. The Morgan fingerprint density at radius 2 is 1.93 bits per heavy atom. The second kappa shape index (κ2) is 7.96. The van der Waals surface area contributed by atoms with E-state index in [2.05, 4.69) is 15.0 Å². The average molecular weight is 428 g/mol. The number of carbonyl (C=O) groups excluding carboxylic acids is 1. The Hall–Kier alpha value is -3.11. The average Bonchev–Trinajstić information content (AvgIpc) is 2.71. The van der Waals surface area contributed by atoms with Crippen LogP contribution in [0.2, 0.25) is 0 Å². The number of nitrogens with zero attached hydrogens (tertiary/aromatic N) is 3. The molecule has 1 aromatic heterocycles. The van der Waals surface area contributed by atoms with E-state index in [-0.39, 0.29) is 11.4 Å². The zero-order valence-electron chi connectivity index (χ0n) is 15.7. The molecule has 0 fully saturated rings. The summed E-state index contributed by atoms with van der Waals surface area (Å²) in [6.07, 6.45) is -3.06. The van der Waals surface area contributed by atoms with Gasteiger partial charge < -0.3 is 10.5 Å². The number of ether oxygens (including phenoxy) is 1. The van der Waals surface area contributed by atoms with Gasteiger partial charge in [-0.3, -0.25) is 4.79 Å². The molecule has 1 atom stereocenters. The van der Waals surface area contributed by atoms with Crippen LogP contribution in [0.25, 0.3) is 0 Å². The monoisotopic (exact) mass is 428 g/mol. The molecule has 3 rings (SSSR count). The van der Waals surface area contributed by atoms with Crippen molar-refractivity contribution in [2.24, 2.45) is 10.7 Å². The van der Waals surface area contributed by atoms with Gasteiger partial charge in [0, 0.05) is 24.8 Å². The van der Waals surface area contributed by atoms with E-state index in [1.807, 2.05) is 0 Å². The Morgan fingerprint density at radius 1 is 1.27 bits per heavy atom. The highest BCUT2D eigenvalue weighted by Crippen LogP contribution is 2.51. The summed E-state index contributed by atoms with van der Waals surface area (Å²) in [7, 11) is 1.38. The van der Waals surface area contributed by atoms with Crippen LogP contribution in [0.15, 0.2) is 35.6 Å². The number of amidine groups is 1. The molecule has 0 unspecified atom stereocenters. The number of ketones is 1. The van der Waals surface area contributed by atoms with Gasteiger partial charge in [-0.1, -0.05) is 6.07 Å². The number of benzene rings is 1. The quantitative estimate of drug-likeness (QED) is 0.563. The smallest absolute Gasteiger partial charge is 0.283 e. The highest BCUT2D eigenvalue weighted by Gasteiger charge is 2.63. The van der Waals surface area contributed by atoms with Crippen molar-refractivity contribution in [1.29, 1.82) is 0 Å². The predicted molar refractivity (Wildman–Crippen MR) is 96.5 cm³/mol. The van der Waals surface area contributed by atoms with Gasteiger partial charge in [0.1, 0.15) is 5.82 Å². The number of halogens is 5. The van der Waals surface area contributed by atoms with Crippen LogP contribution in [0.1, 0.15) is 34.6 Å². The van der Waals surface area contributed by atoms with Crippen LogP contribution in [-0.2, 0) is 12.0 Å². The van der Waals surface area contributed by atoms with E-state index < -0.39 is 60.1 Å². The zero-order valence-corrected chi connectivity index (χ0v) is 15.7. The Morgan fingerprint density at radius 3 is 2.53 bits per heavy atom. The van der Waals surface area contributed by atoms with Crippen molar-refractivity contribution >= 4 is 11.6 Å². The lowest BCUT2D eigenvalue weighted by molar-refractivity contribution is -0.145. The normalized spacial score (nSPS) is 20.7. The van der Waals surface area contributed by atoms with Gasteiger partial charge in [0.2, 0.25) is 11.3 Å². The fraction of sp³-hybridized carbons (Fsp3) is 0.368. The number of carbonyl (C=O) groups is 1. The molecular formula is C19H17F5N4O2. The van der Waals surface area contributed by atoms with Crippen molar-refractivity contribution in [2.75, 3.05) is 7.11 Å². The van der Waals surface area contributed by atoms with Crippen LogP contribution in [0.5, 0.6) is 5.75 Å². The van der Waals surface area contributed by atoms with E-state index in [0.717, 1.165) is 18.2 Å². The van der Waals surface area contributed by atoms with Crippen molar-refractivity contribution in [2.45, 2.75) is 37.1 Å². The molecule has 0 aliphatic carbocycles. The number of rotatable bonds is 6. The minimum Gasteiger partial charge on any atom is -0.494 e. The van der Waals surface area contributed by atoms with E-state index in [1.165, 1.54) is 19.5 Å². The highest BCUT2D eigenvalue weighted by molar-refractivity contribution is 5.94. The molecule has 2 aromatic rings. The summed E-state index contributed by atoms with van der Waals surface area (Å²) < 4.78 is 76.5. The summed E-state index contributed by atoms with van der Waals surface area (Å²) in [4.78, 5) is 23.3. The molecule has 0 saturated heterocycles. The van der Waals surface area contributed by atoms with E-state index in [1.54, 1.807) is 0 Å². The Kier molecular flexibility index (Phi) is 5.73. The number of nitrogens with two attached hydrogens (primary N) is 1. The number of alkyl halides is 4. The second-order valence-electron chi connectivity index (χ2n) is 6.74. The third kappa shape index (κ3) is 3.71. The fourth-order valence-corrected chi connectivity index (χ4v) is 3.23. The largest absolute Gasteiger partial charge is 0.494 e. The van der Waals surface area contributed by atoms with Gasteiger partial charge in [-0.15, -0.1) is 0 Å². The minimum absolute atomic E-state index is 0.0194. The van der Waals surface area contributed by atoms with Crippen molar-refractivity contribution in [3.63, 3.8) is 0 Å². The molecule has 1 aromatic carbocycles. The molecule has 1 aliphatic heterocycles. The first-order chi connectivity index (χ1) is 14.1. The van der Waals surface area contributed by atoms with Gasteiger partial charge in [0.05, 0.1) is 25.3 Å². The van der Waals surface area contributed by atoms with Crippen molar-refractivity contribution in [3.8, 4) is 5.75 Å². The Balaban J connectivity index is 2.01. The maximum atomic E-state index is 14.6. The zero-order chi connectivity index (χ0) is 22.1. The molecule has 0 amide bonds. The number of methoxy groups -OCH3 is 1. The lowest BCUT2D eigenvalue weighted by Gasteiger charge is -2.40. The van der Waals surface area contributed by atoms with Crippen LogP contribution in [0.3, 0.4) is 0 Å². The molecule has 2 N–H and O–H groups in total. The molecule has 30 heavy (non-hydrogen) atoms. The maximum absolute atomic E-state index is 14.6. The summed E-state index contributed by atoms with van der Waals surface area (Å²) in [5.74, 6) is -6.29. The lowest BCUT2D eigenvalue weighted by Crippen LogP contribution is -2.54. The van der Waals surface area contributed by atoms with Gasteiger partial charge >= 0.3 is 0 Å². The van der Waals surface area contributed by atoms with E-state index >= 15 is 0 Å². The van der Waals surface area contributed by atoms with Crippen molar-refractivity contribution in [3.05, 3.63) is 53.4 Å². The molecule has 0 saturated carbocycles. The molecule has 0 spiro atoms. The van der Waals surface area contributed by atoms with Crippen LogP contribution < -0.4 is 10.5 Å². The lowest BCUT2D eigenvalue weighted by atomic mass is 9.79. The van der Waals surface area contributed by atoms with E-state index in [0.29, 0.717) is 5.75 Å². The van der Waals surface area contributed by atoms with Crippen LogP contribution in [0.4, 0.5) is 22.0 Å². The summed E-state index contributed by atoms with van der Waals surface area (Å²) in [5.41, 5.74) is 0.975. The number of hydrogen-bond acceptors (Lipinski definition) is 6. The predicted octanol–water partition coefficient (Wildman–Crippen LogP) is 3.30. The fourth-order valence-electron chi connectivity index (χ4n) is 3.23. The summed E-state index contributed by atoms with van der Waals surface area (Å²) in [6.45, 7) is 0. The first-order valence-electron chi connectivity index (χ1n) is 8.79. The van der Waals surface area contributed by atoms with Crippen molar-refractivity contribution in [1.82, 2.24) is 9.97 Å². The van der Waals surface area contributed by atoms with Crippen LogP contribution in [0, 0.1) is 5.82 Å². The van der Waals surface area contributed by atoms with Gasteiger partial charge in [-0.05, 0) is 17.7 Å². The van der Waals surface area contributed by atoms with Gasteiger partial charge in [-0.25, -0.2) is 36.9 Å². The highest BCUT2D eigenvalue weighted by atomic mass is 19.3. The standard InChI is InChI=1S/C19H17F5N4O2/c1-30-11-8-26-16(27-9-11)14(29)7-10-2-3-13(20)12(6-10)19(17(21)22)18(23,24)5-4-15(25)28-19/h2-3,6,8-9,17H,4-5,7H2,1H3,(H2,25,28)/t19-/m0/s1. The molecular weight excluding hydrogens is 411 g/mol.